The normalized spacial score (nSPS) is 11.5. The smallest absolute Gasteiger partial charge is 0.268 e. The van der Waals surface area contributed by atoms with Crippen LogP contribution in [0.15, 0.2) is 42.5 Å². The fraction of sp³-hybridized carbons (Fsp3) is 0. The van der Waals surface area contributed by atoms with Crippen molar-refractivity contribution in [3.05, 3.63) is 42.5 Å². The van der Waals surface area contributed by atoms with Crippen LogP contribution in [0, 0.1) is 0 Å². The third-order valence-electron chi connectivity index (χ3n) is 1.98. The largest absolute Gasteiger partial charge is 0.378 e. The molecule has 4 nitrogen and oxygen atoms in total. The highest BCUT2D eigenvalue weighted by Gasteiger charge is 2.09. The van der Waals surface area contributed by atoms with E-state index >= 15 is 0 Å². The third-order valence-corrected chi connectivity index (χ3v) is 2.41. The first-order valence-electron chi connectivity index (χ1n) is 4.24. The van der Waals surface area contributed by atoms with E-state index in [-0.39, 0.29) is 5.69 Å². The van der Waals surface area contributed by atoms with Crippen molar-refractivity contribution < 1.29 is 13.0 Å². The molecule has 1 N–H and O–H groups in total. The van der Waals surface area contributed by atoms with Crippen molar-refractivity contribution >= 4 is 26.8 Å². The Balaban J connectivity index is 2.61. The lowest BCUT2D eigenvalue weighted by atomic mass is 10.1. The Morgan fingerprint density at radius 2 is 1.67 bits per heavy atom. The molecule has 0 saturated carbocycles. The van der Waals surface area contributed by atoms with E-state index in [1.165, 1.54) is 6.07 Å². The van der Waals surface area contributed by atoms with Gasteiger partial charge in [0.05, 0.1) is 5.69 Å². The van der Waals surface area contributed by atoms with Crippen LogP contribution in [0.1, 0.15) is 0 Å². The fourth-order valence-electron chi connectivity index (χ4n) is 1.41. The van der Waals surface area contributed by atoms with Crippen LogP contribution in [-0.2, 0) is 10.3 Å². The molecule has 0 unspecified atom stereocenters. The highest BCUT2D eigenvalue weighted by Crippen LogP contribution is 2.23. The predicted octanol–water partition coefficient (Wildman–Crippen LogP) is 1.88. The molecule has 2 aromatic carbocycles. The monoisotopic (exact) mass is 222 g/mol. The maximum absolute atomic E-state index is 10.6. The Kier molecular flexibility index (Phi) is 2.34. The quantitative estimate of drug-likeness (QED) is 0.789. The number of nitrogens with zero attached hydrogens (tertiary/aromatic N) is 1. The van der Waals surface area contributed by atoms with Gasteiger partial charge in [-0.1, -0.05) is 36.4 Å². The molecule has 1 radical (unpaired) electrons. The van der Waals surface area contributed by atoms with Crippen molar-refractivity contribution in [3.63, 3.8) is 0 Å². The lowest BCUT2D eigenvalue weighted by Gasteiger charge is -2.03. The molecule has 0 amide bonds. The van der Waals surface area contributed by atoms with Crippen molar-refractivity contribution in [3.8, 4) is 0 Å². The van der Waals surface area contributed by atoms with Gasteiger partial charge in [0.2, 0.25) is 0 Å². The topological polar surface area (TPSA) is 68.5 Å². The minimum absolute atomic E-state index is 0.246. The third kappa shape index (κ3) is 2.26. The summed E-state index contributed by atoms with van der Waals surface area (Å²) in [5, 5.41) is 1.57. The van der Waals surface area contributed by atoms with Gasteiger partial charge in [0.15, 0.2) is 0 Å². The SMILES string of the molecule is O=S(=O)(O)[N]c1cccc2ccccc12. The predicted molar refractivity (Wildman–Crippen MR) is 57.3 cm³/mol. The van der Waals surface area contributed by atoms with E-state index in [0.717, 1.165) is 5.39 Å². The van der Waals surface area contributed by atoms with Crippen molar-refractivity contribution in [1.29, 1.82) is 0 Å². The van der Waals surface area contributed by atoms with Crippen molar-refractivity contribution in [2.45, 2.75) is 0 Å². The van der Waals surface area contributed by atoms with E-state index in [1.54, 1.807) is 18.2 Å². The average molecular weight is 222 g/mol. The summed E-state index contributed by atoms with van der Waals surface area (Å²) in [6.45, 7) is 0. The van der Waals surface area contributed by atoms with Gasteiger partial charge >= 0.3 is 10.3 Å². The van der Waals surface area contributed by atoms with Crippen LogP contribution in [0.2, 0.25) is 0 Å². The van der Waals surface area contributed by atoms with E-state index in [4.69, 9.17) is 4.55 Å². The van der Waals surface area contributed by atoms with Gasteiger partial charge in [-0.05, 0) is 11.5 Å². The molecule has 0 aliphatic rings. The molecule has 0 aromatic heterocycles. The van der Waals surface area contributed by atoms with E-state index in [9.17, 15) is 8.42 Å². The minimum atomic E-state index is -4.34. The molecular formula is C10H8NO3S. The zero-order chi connectivity index (χ0) is 10.9. The molecular weight excluding hydrogens is 214 g/mol. The zero-order valence-corrected chi connectivity index (χ0v) is 8.48. The Bertz CT molecular complexity index is 587. The van der Waals surface area contributed by atoms with E-state index in [2.05, 4.69) is 4.72 Å². The highest BCUT2D eigenvalue weighted by atomic mass is 32.2. The molecule has 0 aliphatic heterocycles. The standard InChI is InChI=1S/C10H8NO3S/c12-15(13,14)11-10-7-3-5-8-4-1-2-6-9(8)10/h1-7H,(H,12,13,14). The molecule has 5 heteroatoms. The van der Waals surface area contributed by atoms with Gasteiger partial charge < -0.3 is 0 Å². The molecule has 0 heterocycles. The van der Waals surface area contributed by atoms with Gasteiger partial charge in [-0.15, -0.1) is 4.72 Å². The Labute approximate surface area is 87.4 Å². The van der Waals surface area contributed by atoms with Crippen LogP contribution in [0.4, 0.5) is 5.69 Å². The molecule has 0 fully saturated rings. The molecule has 0 aliphatic carbocycles. The van der Waals surface area contributed by atoms with E-state index in [1.807, 2.05) is 18.2 Å². The molecule has 15 heavy (non-hydrogen) atoms. The summed E-state index contributed by atoms with van der Waals surface area (Å²) in [5.74, 6) is 0. The van der Waals surface area contributed by atoms with Crippen LogP contribution >= 0.6 is 0 Å². The summed E-state index contributed by atoms with van der Waals surface area (Å²) in [7, 11) is -4.34. The van der Waals surface area contributed by atoms with Gasteiger partial charge in [-0.2, -0.15) is 8.42 Å². The van der Waals surface area contributed by atoms with Crippen LogP contribution in [0.5, 0.6) is 0 Å². The van der Waals surface area contributed by atoms with Crippen molar-refractivity contribution in [2.75, 3.05) is 0 Å². The van der Waals surface area contributed by atoms with E-state index < -0.39 is 10.3 Å². The molecule has 2 aromatic rings. The van der Waals surface area contributed by atoms with Crippen LogP contribution in [-0.4, -0.2) is 13.0 Å². The molecule has 0 spiro atoms. The summed E-state index contributed by atoms with van der Waals surface area (Å²) < 4.78 is 33.1. The van der Waals surface area contributed by atoms with Gasteiger partial charge in [0.1, 0.15) is 0 Å². The second-order valence-electron chi connectivity index (χ2n) is 3.04. The number of hydrogen-bond acceptors (Lipinski definition) is 2. The summed E-state index contributed by atoms with van der Waals surface area (Å²) in [6, 6.07) is 12.3. The summed E-state index contributed by atoms with van der Waals surface area (Å²) in [6.07, 6.45) is 0. The first-order valence-corrected chi connectivity index (χ1v) is 5.64. The van der Waals surface area contributed by atoms with Gasteiger partial charge in [0.25, 0.3) is 0 Å². The summed E-state index contributed by atoms with van der Waals surface area (Å²) >= 11 is 0. The maximum atomic E-state index is 10.6. The van der Waals surface area contributed by atoms with Gasteiger partial charge in [-0.3, -0.25) is 4.55 Å². The number of hydrogen-bond donors (Lipinski definition) is 1. The van der Waals surface area contributed by atoms with E-state index in [0.29, 0.717) is 5.39 Å². The molecule has 2 rings (SSSR count). The van der Waals surface area contributed by atoms with Gasteiger partial charge in [0, 0.05) is 5.39 Å². The number of benzene rings is 2. The second kappa shape index (κ2) is 3.52. The first kappa shape index (κ1) is 9.95. The summed E-state index contributed by atoms with van der Waals surface area (Å²) in [4.78, 5) is 0. The Morgan fingerprint density at radius 3 is 2.40 bits per heavy atom. The average Bonchev–Trinajstić information content (AvgIpc) is 2.16. The zero-order valence-electron chi connectivity index (χ0n) is 7.66. The number of fused-ring (bicyclic) bond motifs is 1. The Hall–Kier alpha value is -1.59. The Morgan fingerprint density at radius 1 is 1.00 bits per heavy atom. The molecule has 77 valence electrons. The lowest BCUT2D eigenvalue weighted by Crippen LogP contribution is -2.09. The van der Waals surface area contributed by atoms with Crippen LogP contribution in [0.3, 0.4) is 0 Å². The van der Waals surface area contributed by atoms with Crippen LogP contribution < -0.4 is 4.72 Å². The molecule has 0 bridgehead atoms. The summed E-state index contributed by atoms with van der Waals surface area (Å²) in [5.41, 5.74) is 0.246. The number of rotatable bonds is 2. The van der Waals surface area contributed by atoms with Crippen molar-refractivity contribution in [1.82, 2.24) is 4.72 Å². The molecule has 0 atom stereocenters. The first-order chi connectivity index (χ1) is 7.06. The van der Waals surface area contributed by atoms with Gasteiger partial charge in [-0.25, -0.2) is 0 Å². The van der Waals surface area contributed by atoms with Crippen LogP contribution in [0.25, 0.3) is 10.8 Å². The van der Waals surface area contributed by atoms with Crippen molar-refractivity contribution in [2.24, 2.45) is 0 Å². The second-order valence-corrected chi connectivity index (χ2v) is 4.12. The fourth-order valence-corrected chi connectivity index (χ4v) is 1.82. The molecule has 0 saturated heterocycles. The maximum Gasteiger partial charge on any atom is 0.378 e. The highest BCUT2D eigenvalue weighted by molar-refractivity contribution is 7.83. The minimum Gasteiger partial charge on any atom is -0.268 e. The lowest BCUT2D eigenvalue weighted by molar-refractivity contribution is 0.476.